The predicted molar refractivity (Wildman–Crippen MR) is 82.5 cm³/mol. The smallest absolute Gasteiger partial charge is 0.0967 e. The lowest BCUT2D eigenvalue weighted by molar-refractivity contribution is -0.112. The molecule has 0 spiro atoms. The quantitative estimate of drug-likeness (QED) is 0.810. The van der Waals surface area contributed by atoms with Crippen molar-refractivity contribution in [2.75, 3.05) is 6.54 Å². The summed E-state index contributed by atoms with van der Waals surface area (Å²) in [6.07, 6.45) is 10.1. The Morgan fingerprint density at radius 3 is 2.40 bits per heavy atom. The summed E-state index contributed by atoms with van der Waals surface area (Å²) in [6, 6.07) is 8.51. The maximum absolute atomic E-state index is 11.7. The highest BCUT2D eigenvalue weighted by Crippen LogP contribution is 2.53. The van der Waals surface area contributed by atoms with Crippen molar-refractivity contribution in [3.63, 3.8) is 0 Å². The van der Waals surface area contributed by atoms with Crippen molar-refractivity contribution in [2.45, 2.75) is 63.4 Å². The number of fused-ring (bicyclic) bond motifs is 1. The number of aliphatic hydroxyl groups is 1. The molecule has 0 heterocycles. The lowest BCUT2D eigenvalue weighted by atomic mass is 9.59. The predicted octanol–water partition coefficient (Wildman–Crippen LogP) is 3.51. The van der Waals surface area contributed by atoms with Gasteiger partial charge in [0.15, 0.2) is 0 Å². The summed E-state index contributed by atoms with van der Waals surface area (Å²) in [5.41, 5.74) is 7.89. The number of rotatable bonds is 2. The minimum absolute atomic E-state index is 0.105. The molecule has 2 nitrogen and oxygen atoms in total. The van der Waals surface area contributed by atoms with Crippen LogP contribution >= 0.6 is 0 Å². The van der Waals surface area contributed by atoms with Crippen LogP contribution in [0.3, 0.4) is 0 Å². The fraction of sp³-hybridized carbons (Fsp3) is 0.667. The maximum atomic E-state index is 11.7. The zero-order chi connectivity index (χ0) is 14.1. The number of nitrogens with two attached hydrogens (primary N) is 1. The molecule has 0 aromatic heterocycles. The molecule has 0 radical (unpaired) electrons. The zero-order valence-corrected chi connectivity index (χ0v) is 12.4. The standard InChI is InChI=1S/C18H27NO/c19-14-17(11-5-1-6-12-17)18(20)13-7-4-9-15-8-2-3-10-16(15)18/h2-3,8,10,20H,1,4-7,9,11-14,19H2. The van der Waals surface area contributed by atoms with E-state index in [9.17, 15) is 5.11 Å². The van der Waals surface area contributed by atoms with Crippen LogP contribution in [0.1, 0.15) is 62.5 Å². The van der Waals surface area contributed by atoms with Gasteiger partial charge >= 0.3 is 0 Å². The highest BCUT2D eigenvalue weighted by molar-refractivity contribution is 5.36. The van der Waals surface area contributed by atoms with Crippen molar-refractivity contribution < 1.29 is 5.11 Å². The van der Waals surface area contributed by atoms with E-state index in [2.05, 4.69) is 24.3 Å². The van der Waals surface area contributed by atoms with Crippen LogP contribution in [0.15, 0.2) is 24.3 Å². The molecule has 1 aromatic rings. The summed E-state index contributed by atoms with van der Waals surface area (Å²) < 4.78 is 0. The average Bonchev–Trinajstić information content (AvgIpc) is 2.69. The van der Waals surface area contributed by atoms with Gasteiger partial charge in [-0.05, 0) is 49.7 Å². The molecule has 2 aliphatic carbocycles. The van der Waals surface area contributed by atoms with E-state index >= 15 is 0 Å². The van der Waals surface area contributed by atoms with E-state index in [1.807, 2.05) is 0 Å². The first-order valence-electron chi connectivity index (χ1n) is 8.23. The Bertz CT molecular complexity index is 464. The highest BCUT2D eigenvalue weighted by Gasteiger charge is 2.51. The first-order chi connectivity index (χ1) is 9.72. The molecule has 0 bridgehead atoms. The zero-order valence-electron chi connectivity index (χ0n) is 12.4. The van der Waals surface area contributed by atoms with E-state index in [4.69, 9.17) is 5.73 Å². The van der Waals surface area contributed by atoms with Gasteiger partial charge in [0, 0.05) is 12.0 Å². The fourth-order valence-corrected chi connectivity index (χ4v) is 4.54. The first-order valence-corrected chi connectivity index (χ1v) is 8.23. The Labute approximate surface area is 122 Å². The molecule has 1 atom stereocenters. The van der Waals surface area contributed by atoms with Crippen LogP contribution in [0.25, 0.3) is 0 Å². The van der Waals surface area contributed by atoms with Crippen LogP contribution in [0.5, 0.6) is 0 Å². The van der Waals surface area contributed by atoms with Crippen molar-refractivity contribution in [1.29, 1.82) is 0 Å². The second-order valence-electron chi connectivity index (χ2n) is 6.77. The monoisotopic (exact) mass is 273 g/mol. The number of aryl methyl sites for hydroxylation is 1. The molecule has 1 unspecified atom stereocenters. The van der Waals surface area contributed by atoms with Crippen LogP contribution < -0.4 is 5.73 Å². The van der Waals surface area contributed by atoms with E-state index in [1.165, 1.54) is 36.8 Å². The van der Waals surface area contributed by atoms with Gasteiger partial charge in [-0.25, -0.2) is 0 Å². The summed E-state index contributed by atoms with van der Waals surface area (Å²) >= 11 is 0. The number of hydrogen-bond donors (Lipinski definition) is 2. The largest absolute Gasteiger partial charge is 0.385 e. The molecule has 110 valence electrons. The van der Waals surface area contributed by atoms with Crippen LogP contribution in [-0.4, -0.2) is 11.7 Å². The summed E-state index contributed by atoms with van der Waals surface area (Å²) in [5, 5.41) is 11.7. The fourth-order valence-electron chi connectivity index (χ4n) is 4.54. The van der Waals surface area contributed by atoms with E-state index < -0.39 is 5.60 Å². The molecular weight excluding hydrogens is 246 g/mol. The second kappa shape index (κ2) is 5.50. The summed E-state index contributed by atoms with van der Waals surface area (Å²) in [6.45, 7) is 0.609. The van der Waals surface area contributed by atoms with Gasteiger partial charge in [0.1, 0.15) is 0 Å². The van der Waals surface area contributed by atoms with Gasteiger partial charge in [0.2, 0.25) is 0 Å². The summed E-state index contributed by atoms with van der Waals surface area (Å²) in [5.74, 6) is 0. The Morgan fingerprint density at radius 2 is 1.65 bits per heavy atom. The third kappa shape index (κ3) is 2.10. The van der Waals surface area contributed by atoms with Crippen LogP contribution in [0, 0.1) is 5.41 Å². The van der Waals surface area contributed by atoms with Crippen molar-refractivity contribution in [2.24, 2.45) is 11.1 Å². The molecule has 1 fully saturated rings. The molecular formula is C18H27NO. The van der Waals surface area contributed by atoms with Gasteiger partial charge in [-0.15, -0.1) is 0 Å². The molecule has 1 saturated carbocycles. The van der Waals surface area contributed by atoms with E-state index in [0.717, 1.165) is 32.1 Å². The summed E-state index contributed by atoms with van der Waals surface area (Å²) in [7, 11) is 0. The number of benzene rings is 1. The van der Waals surface area contributed by atoms with Crippen LogP contribution in [0.2, 0.25) is 0 Å². The van der Waals surface area contributed by atoms with Gasteiger partial charge in [-0.3, -0.25) is 0 Å². The highest BCUT2D eigenvalue weighted by atomic mass is 16.3. The molecule has 20 heavy (non-hydrogen) atoms. The van der Waals surface area contributed by atoms with Crippen molar-refractivity contribution >= 4 is 0 Å². The minimum Gasteiger partial charge on any atom is -0.385 e. The van der Waals surface area contributed by atoms with Gasteiger partial charge in [-0.1, -0.05) is 43.5 Å². The van der Waals surface area contributed by atoms with Gasteiger partial charge < -0.3 is 10.8 Å². The van der Waals surface area contributed by atoms with Crippen LogP contribution in [0.4, 0.5) is 0 Å². The topological polar surface area (TPSA) is 46.2 Å². The molecule has 0 amide bonds. The third-order valence-electron chi connectivity index (χ3n) is 5.78. The van der Waals surface area contributed by atoms with Gasteiger partial charge in [-0.2, -0.15) is 0 Å². The maximum Gasteiger partial charge on any atom is 0.0967 e. The van der Waals surface area contributed by atoms with Gasteiger partial charge in [0.05, 0.1) is 5.60 Å². The van der Waals surface area contributed by atoms with E-state index in [0.29, 0.717) is 6.54 Å². The lowest BCUT2D eigenvalue weighted by Gasteiger charge is -2.50. The minimum atomic E-state index is -0.713. The Balaban J connectivity index is 2.09. The van der Waals surface area contributed by atoms with Crippen molar-refractivity contribution in [3.8, 4) is 0 Å². The van der Waals surface area contributed by atoms with E-state index in [-0.39, 0.29) is 5.41 Å². The molecule has 3 N–H and O–H groups in total. The van der Waals surface area contributed by atoms with E-state index in [1.54, 1.807) is 0 Å². The van der Waals surface area contributed by atoms with Crippen LogP contribution in [-0.2, 0) is 12.0 Å². The third-order valence-corrected chi connectivity index (χ3v) is 5.78. The lowest BCUT2D eigenvalue weighted by Crippen LogP contribution is -2.51. The van der Waals surface area contributed by atoms with Gasteiger partial charge in [0.25, 0.3) is 0 Å². The SMILES string of the molecule is NCC1(C2(O)CCCCc3ccccc32)CCCCC1. The molecule has 1 aromatic carbocycles. The van der Waals surface area contributed by atoms with Crippen molar-refractivity contribution in [3.05, 3.63) is 35.4 Å². The Hall–Kier alpha value is -0.860. The molecule has 0 aliphatic heterocycles. The Kier molecular flexibility index (Phi) is 3.87. The molecule has 3 rings (SSSR count). The first kappa shape index (κ1) is 14.1. The second-order valence-corrected chi connectivity index (χ2v) is 6.77. The Morgan fingerprint density at radius 1 is 0.950 bits per heavy atom. The number of hydrogen-bond acceptors (Lipinski definition) is 2. The molecule has 2 aliphatic rings. The normalized spacial score (nSPS) is 29.5. The summed E-state index contributed by atoms with van der Waals surface area (Å²) in [4.78, 5) is 0. The van der Waals surface area contributed by atoms with Crippen molar-refractivity contribution in [1.82, 2.24) is 0 Å². The average molecular weight is 273 g/mol. The molecule has 0 saturated heterocycles. The molecule has 2 heteroatoms.